The molecule has 0 aliphatic carbocycles. The fourth-order valence-corrected chi connectivity index (χ4v) is 2.56. The first-order valence-corrected chi connectivity index (χ1v) is 8.72. The van der Waals surface area contributed by atoms with Crippen LogP contribution in [0.3, 0.4) is 0 Å². The van der Waals surface area contributed by atoms with Gasteiger partial charge in [0, 0.05) is 5.56 Å². The van der Waals surface area contributed by atoms with E-state index in [0.29, 0.717) is 40.3 Å². The molecule has 0 radical (unpaired) electrons. The number of nitrogens with one attached hydrogen (secondary N) is 1. The Kier molecular flexibility index (Phi) is 6.51. The van der Waals surface area contributed by atoms with Crippen LogP contribution < -0.4 is 24.3 Å². The molecule has 9 heteroatoms. The highest BCUT2D eigenvalue weighted by molar-refractivity contribution is 5.95. The number of hydrogen-bond donors (Lipinski definition) is 1. The lowest BCUT2D eigenvalue weighted by Crippen LogP contribution is -2.23. The third kappa shape index (κ3) is 4.95. The van der Waals surface area contributed by atoms with Crippen molar-refractivity contribution in [3.63, 3.8) is 0 Å². The van der Waals surface area contributed by atoms with E-state index in [1.165, 1.54) is 21.3 Å². The maximum absolute atomic E-state index is 12.5. The van der Waals surface area contributed by atoms with Gasteiger partial charge >= 0.3 is 0 Å². The van der Waals surface area contributed by atoms with Crippen molar-refractivity contribution in [3.8, 4) is 23.0 Å². The summed E-state index contributed by atoms with van der Waals surface area (Å²) >= 11 is 0. The molecule has 0 bridgehead atoms. The number of amides is 1. The zero-order chi connectivity index (χ0) is 20.6. The normalized spacial score (nSPS) is 10.3. The van der Waals surface area contributed by atoms with E-state index in [1.54, 1.807) is 12.1 Å². The molecule has 1 heterocycles. The van der Waals surface area contributed by atoms with Gasteiger partial charge in [-0.1, -0.05) is 23.4 Å². The van der Waals surface area contributed by atoms with E-state index >= 15 is 0 Å². The lowest BCUT2D eigenvalue weighted by atomic mass is 10.1. The summed E-state index contributed by atoms with van der Waals surface area (Å²) in [4.78, 5) is 16.7. The number of benzene rings is 2. The Balaban J connectivity index is 1.60. The molecule has 1 N–H and O–H groups in total. The standard InChI is InChI=1S/C20H21N3O6/c1-25-15-9-13(10-16(26-2)19(15)27-3)20(24)21-11-17-22-18(29-23-17)12-28-14-7-5-4-6-8-14/h4-10H,11-12H2,1-3H3,(H,21,24). The molecule has 0 saturated carbocycles. The molecular weight excluding hydrogens is 378 g/mol. The van der Waals surface area contributed by atoms with E-state index in [4.69, 9.17) is 23.5 Å². The molecular formula is C20H21N3O6. The largest absolute Gasteiger partial charge is 0.493 e. The number of carbonyl (C=O) groups excluding carboxylic acids is 1. The van der Waals surface area contributed by atoms with Gasteiger partial charge < -0.3 is 28.8 Å². The summed E-state index contributed by atoms with van der Waals surface area (Å²) in [5.41, 5.74) is 0.343. The number of methoxy groups -OCH3 is 3. The first-order valence-electron chi connectivity index (χ1n) is 8.72. The number of hydrogen-bond acceptors (Lipinski definition) is 8. The van der Waals surface area contributed by atoms with Gasteiger partial charge in [-0.2, -0.15) is 4.98 Å². The van der Waals surface area contributed by atoms with Crippen LogP contribution in [0.4, 0.5) is 0 Å². The van der Waals surface area contributed by atoms with Gasteiger partial charge in [-0.05, 0) is 24.3 Å². The van der Waals surface area contributed by atoms with Crippen LogP contribution in [0.15, 0.2) is 47.0 Å². The predicted molar refractivity (Wildman–Crippen MR) is 102 cm³/mol. The summed E-state index contributed by atoms with van der Waals surface area (Å²) in [5, 5.41) is 6.56. The average Bonchev–Trinajstić information content (AvgIpc) is 3.23. The Morgan fingerprint density at radius 2 is 1.72 bits per heavy atom. The summed E-state index contributed by atoms with van der Waals surface area (Å²) in [6, 6.07) is 12.4. The molecule has 0 aliphatic heterocycles. The molecule has 2 aromatic carbocycles. The average molecular weight is 399 g/mol. The predicted octanol–water partition coefficient (Wildman–Crippen LogP) is 2.60. The van der Waals surface area contributed by atoms with Crippen LogP contribution in [0.2, 0.25) is 0 Å². The third-order valence-electron chi connectivity index (χ3n) is 3.95. The second kappa shape index (κ2) is 9.45. The molecule has 29 heavy (non-hydrogen) atoms. The van der Waals surface area contributed by atoms with Crippen LogP contribution in [0, 0.1) is 0 Å². The van der Waals surface area contributed by atoms with E-state index in [-0.39, 0.29) is 19.1 Å². The fourth-order valence-electron chi connectivity index (χ4n) is 2.56. The first-order chi connectivity index (χ1) is 14.1. The Morgan fingerprint density at radius 3 is 2.34 bits per heavy atom. The van der Waals surface area contributed by atoms with E-state index < -0.39 is 0 Å². The van der Waals surface area contributed by atoms with Gasteiger partial charge in [-0.25, -0.2) is 0 Å². The van der Waals surface area contributed by atoms with Crippen molar-refractivity contribution in [2.45, 2.75) is 13.2 Å². The maximum atomic E-state index is 12.5. The summed E-state index contributed by atoms with van der Waals surface area (Å²) in [6.45, 7) is 0.224. The molecule has 0 spiro atoms. The SMILES string of the molecule is COc1cc(C(=O)NCc2noc(COc3ccccc3)n2)cc(OC)c1OC. The lowest BCUT2D eigenvalue weighted by molar-refractivity contribution is 0.0948. The minimum atomic E-state index is -0.351. The van der Waals surface area contributed by atoms with Gasteiger partial charge in [0.25, 0.3) is 11.8 Å². The van der Waals surface area contributed by atoms with E-state index in [9.17, 15) is 4.79 Å². The minimum absolute atomic E-state index is 0.0876. The van der Waals surface area contributed by atoms with Crippen molar-refractivity contribution in [2.24, 2.45) is 0 Å². The van der Waals surface area contributed by atoms with Crippen molar-refractivity contribution < 1.29 is 28.3 Å². The number of ether oxygens (including phenoxy) is 4. The number of rotatable bonds is 9. The van der Waals surface area contributed by atoms with Crippen molar-refractivity contribution in [3.05, 3.63) is 59.7 Å². The van der Waals surface area contributed by atoms with Gasteiger partial charge in [-0.15, -0.1) is 0 Å². The molecule has 0 fully saturated rings. The Morgan fingerprint density at radius 1 is 1.03 bits per heavy atom. The number of para-hydroxylation sites is 1. The molecule has 3 aromatic rings. The maximum Gasteiger partial charge on any atom is 0.264 e. The van der Waals surface area contributed by atoms with Crippen molar-refractivity contribution >= 4 is 5.91 Å². The molecule has 1 aromatic heterocycles. The van der Waals surface area contributed by atoms with Crippen LogP contribution in [0.1, 0.15) is 22.1 Å². The topological polar surface area (TPSA) is 105 Å². The van der Waals surface area contributed by atoms with Crippen molar-refractivity contribution in [2.75, 3.05) is 21.3 Å². The molecule has 9 nitrogen and oxygen atoms in total. The molecule has 0 aliphatic rings. The van der Waals surface area contributed by atoms with Crippen LogP contribution in [-0.2, 0) is 13.2 Å². The zero-order valence-corrected chi connectivity index (χ0v) is 16.3. The van der Waals surface area contributed by atoms with Crippen LogP contribution >= 0.6 is 0 Å². The first kappa shape index (κ1) is 20.0. The number of aromatic nitrogens is 2. The van der Waals surface area contributed by atoms with E-state index in [2.05, 4.69) is 15.5 Å². The van der Waals surface area contributed by atoms with Crippen LogP contribution in [-0.4, -0.2) is 37.4 Å². The molecule has 3 rings (SSSR count). The van der Waals surface area contributed by atoms with Gasteiger partial charge in [-0.3, -0.25) is 4.79 Å². The Hall–Kier alpha value is -3.75. The highest BCUT2D eigenvalue weighted by atomic mass is 16.5. The van der Waals surface area contributed by atoms with Gasteiger partial charge in [0.2, 0.25) is 5.75 Å². The molecule has 0 unspecified atom stereocenters. The highest BCUT2D eigenvalue weighted by Gasteiger charge is 2.17. The third-order valence-corrected chi connectivity index (χ3v) is 3.95. The quantitative estimate of drug-likeness (QED) is 0.585. The number of carbonyl (C=O) groups is 1. The van der Waals surface area contributed by atoms with Crippen LogP contribution in [0.25, 0.3) is 0 Å². The smallest absolute Gasteiger partial charge is 0.264 e. The summed E-state index contributed by atoms with van der Waals surface area (Å²) in [5.74, 6) is 2.17. The molecule has 1 amide bonds. The second-order valence-electron chi connectivity index (χ2n) is 5.80. The summed E-state index contributed by atoms with van der Waals surface area (Å²) in [7, 11) is 4.46. The zero-order valence-electron chi connectivity index (χ0n) is 16.3. The summed E-state index contributed by atoms with van der Waals surface area (Å²) in [6.07, 6.45) is 0. The lowest BCUT2D eigenvalue weighted by Gasteiger charge is -2.13. The van der Waals surface area contributed by atoms with E-state index in [0.717, 1.165) is 0 Å². The molecule has 152 valence electrons. The number of nitrogens with zero attached hydrogens (tertiary/aromatic N) is 2. The molecule has 0 saturated heterocycles. The van der Waals surface area contributed by atoms with Crippen molar-refractivity contribution in [1.29, 1.82) is 0 Å². The van der Waals surface area contributed by atoms with Crippen molar-refractivity contribution in [1.82, 2.24) is 15.5 Å². The molecule has 0 atom stereocenters. The van der Waals surface area contributed by atoms with Gasteiger partial charge in [0.1, 0.15) is 5.75 Å². The Labute approximate surface area is 167 Å². The minimum Gasteiger partial charge on any atom is -0.493 e. The van der Waals surface area contributed by atoms with Gasteiger partial charge in [0.05, 0.1) is 27.9 Å². The van der Waals surface area contributed by atoms with Crippen LogP contribution in [0.5, 0.6) is 23.0 Å². The Bertz CT molecular complexity index is 933. The second-order valence-corrected chi connectivity index (χ2v) is 5.80. The van der Waals surface area contributed by atoms with E-state index in [1.807, 2.05) is 30.3 Å². The van der Waals surface area contributed by atoms with Gasteiger partial charge in [0.15, 0.2) is 23.9 Å². The summed E-state index contributed by atoms with van der Waals surface area (Å²) < 4.78 is 26.5. The fraction of sp³-hybridized carbons (Fsp3) is 0.250. The highest BCUT2D eigenvalue weighted by Crippen LogP contribution is 2.38. The monoisotopic (exact) mass is 399 g/mol.